The second-order valence-corrected chi connectivity index (χ2v) is 5.32. The molecule has 2 unspecified atom stereocenters. The summed E-state index contributed by atoms with van der Waals surface area (Å²) in [6.45, 7) is 0.613. The largest absolute Gasteiger partial charge is 0.497 e. The minimum Gasteiger partial charge on any atom is -0.497 e. The molecule has 1 amide bonds. The van der Waals surface area contributed by atoms with Gasteiger partial charge < -0.3 is 15.4 Å². The summed E-state index contributed by atoms with van der Waals surface area (Å²) in [5.74, 6) is 1.13. The highest BCUT2D eigenvalue weighted by Gasteiger charge is 2.29. The SMILES string of the molecule is COc1cccc(CN(C)C(=O)C2CCC(N)C2)c1. The Morgan fingerprint density at radius 3 is 2.89 bits per heavy atom. The van der Waals surface area contributed by atoms with Gasteiger partial charge in [-0.15, -0.1) is 0 Å². The number of rotatable bonds is 4. The number of nitrogens with zero attached hydrogens (tertiary/aromatic N) is 1. The molecule has 4 heteroatoms. The Morgan fingerprint density at radius 1 is 1.47 bits per heavy atom. The highest BCUT2D eigenvalue weighted by molar-refractivity contribution is 5.79. The van der Waals surface area contributed by atoms with Crippen molar-refractivity contribution >= 4 is 5.91 Å². The molecule has 2 N–H and O–H groups in total. The molecule has 1 aliphatic carbocycles. The lowest BCUT2D eigenvalue weighted by Crippen LogP contribution is -2.32. The molecule has 0 spiro atoms. The first-order chi connectivity index (χ1) is 9.10. The van der Waals surface area contributed by atoms with E-state index < -0.39 is 0 Å². The van der Waals surface area contributed by atoms with Crippen LogP contribution in [0.25, 0.3) is 0 Å². The van der Waals surface area contributed by atoms with Crippen LogP contribution < -0.4 is 10.5 Å². The Labute approximate surface area is 114 Å². The first-order valence-electron chi connectivity index (χ1n) is 6.73. The van der Waals surface area contributed by atoms with E-state index in [1.165, 1.54) is 0 Å². The molecule has 19 heavy (non-hydrogen) atoms. The molecule has 1 aromatic carbocycles. The molecular weight excluding hydrogens is 240 g/mol. The van der Waals surface area contributed by atoms with Crippen LogP contribution >= 0.6 is 0 Å². The van der Waals surface area contributed by atoms with E-state index in [9.17, 15) is 4.79 Å². The van der Waals surface area contributed by atoms with Crippen LogP contribution in [0, 0.1) is 5.92 Å². The lowest BCUT2D eigenvalue weighted by Gasteiger charge is -2.21. The van der Waals surface area contributed by atoms with Crippen LogP contribution in [0.4, 0.5) is 0 Å². The fourth-order valence-electron chi connectivity index (χ4n) is 2.67. The highest BCUT2D eigenvalue weighted by atomic mass is 16.5. The molecule has 0 aromatic heterocycles. The van der Waals surface area contributed by atoms with E-state index in [0.717, 1.165) is 30.6 Å². The summed E-state index contributed by atoms with van der Waals surface area (Å²) < 4.78 is 5.19. The van der Waals surface area contributed by atoms with Gasteiger partial charge in [0.1, 0.15) is 5.75 Å². The number of hydrogen-bond acceptors (Lipinski definition) is 3. The predicted molar refractivity (Wildman–Crippen MR) is 74.8 cm³/mol. The molecule has 0 saturated heterocycles. The third-order valence-electron chi connectivity index (χ3n) is 3.75. The molecule has 1 aliphatic rings. The molecule has 1 fully saturated rings. The molecular formula is C15H22N2O2. The molecule has 2 atom stereocenters. The maximum atomic E-state index is 12.3. The molecule has 4 nitrogen and oxygen atoms in total. The summed E-state index contributed by atoms with van der Waals surface area (Å²) in [4.78, 5) is 14.1. The first kappa shape index (κ1) is 13.9. The molecule has 2 rings (SSSR count). The number of hydrogen-bond donors (Lipinski definition) is 1. The summed E-state index contributed by atoms with van der Waals surface area (Å²) in [5, 5.41) is 0. The molecule has 0 radical (unpaired) electrons. The van der Waals surface area contributed by atoms with Gasteiger partial charge in [0.25, 0.3) is 0 Å². The van der Waals surface area contributed by atoms with Crippen LogP contribution in [0.2, 0.25) is 0 Å². The quantitative estimate of drug-likeness (QED) is 0.900. The number of benzene rings is 1. The third-order valence-corrected chi connectivity index (χ3v) is 3.75. The smallest absolute Gasteiger partial charge is 0.225 e. The van der Waals surface area contributed by atoms with E-state index in [0.29, 0.717) is 6.54 Å². The van der Waals surface area contributed by atoms with Gasteiger partial charge in [-0.3, -0.25) is 4.79 Å². The number of nitrogens with two attached hydrogens (primary N) is 1. The van der Waals surface area contributed by atoms with Crippen LogP contribution in [-0.4, -0.2) is 31.0 Å². The second-order valence-electron chi connectivity index (χ2n) is 5.32. The van der Waals surface area contributed by atoms with E-state index in [1.54, 1.807) is 12.0 Å². The third kappa shape index (κ3) is 3.47. The summed E-state index contributed by atoms with van der Waals surface area (Å²) >= 11 is 0. The molecule has 0 aliphatic heterocycles. The second kappa shape index (κ2) is 6.06. The zero-order valence-electron chi connectivity index (χ0n) is 11.6. The number of amides is 1. The Bertz CT molecular complexity index is 448. The van der Waals surface area contributed by atoms with Crippen molar-refractivity contribution in [3.63, 3.8) is 0 Å². The van der Waals surface area contributed by atoms with Crippen molar-refractivity contribution in [2.45, 2.75) is 31.8 Å². The van der Waals surface area contributed by atoms with Gasteiger partial charge in [-0.05, 0) is 37.0 Å². The Kier molecular flexibility index (Phi) is 4.43. The van der Waals surface area contributed by atoms with Crippen LogP contribution in [0.15, 0.2) is 24.3 Å². The molecule has 1 saturated carbocycles. The maximum Gasteiger partial charge on any atom is 0.225 e. The van der Waals surface area contributed by atoms with Gasteiger partial charge in [0.15, 0.2) is 0 Å². The fraction of sp³-hybridized carbons (Fsp3) is 0.533. The summed E-state index contributed by atoms with van der Waals surface area (Å²) in [6.07, 6.45) is 2.70. The van der Waals surface area contributed by atoms with Crippen molar-refractivity contribution in [2.75, 3.05) is 14.2 Å². The number of ether oxygens (including phenoxy) is 1. The Morgan fingerprint density at radius 2 is 2.26 bits per heavy atom. The van der Waals surface area contributed by atoms with Gasteiger partial charge in [-0.2, -0.15) is 0 Å². The van der Waals surface area contributed by atoms with Crippen LogP contribution in [0.3, 0.4) is 0 Å². The van der Waals surface area contributed by atoms with Crippen molar-refractivity contribution < 1.29 is 9.53 Å². The minimum absolute atomic E-state index is 0.102. The predicted octanol–water partition coefficient (Wildman–Crippen LogP) is 1.78. The molecule has 1 aromatic rings. The van der Waals surface area contributed by atoms with Crippen molar-refractivity contribution in [2.24, 2.45) is 11.7 Å². The minimum atomic E-state index is 0.102. The monoisotopic (exact) mass is 262 g/mol. The average Bonchev–Trinajstić information content (AvgIpc) is 2.84. The highest BCUT2D eigenvalue weighted by Crippen LogP contribution is 2.26. The van der Waals surface area contributed by atoms with Crippen molar-refractivity contribution in [1.82, 2.24) is 4.90 Å². The first-order valence-corrected chi connectivity index (χ1v) is 6.73. The number of carbonyl (C=O) groups is 1. The standard InChI is InChI=1S/C15H22N2O2/c1-17(15(18)12-6-7-13(16)9-12)10-11-4-3-5-14(8-11)19-2/h3-5,8,12-13H,6-7,9-10,16H2,1-2H3. The molecule has 0 heterocycles. The normalized spacial score (nSPS) is 22.3. The molecule has 0 bridgehead atoms. The maximum absolute atomic E-state index is 12.3. The van der Waals surface area contributed by atoms with Gasteiger partial charge in [0.2, 0.25) is 5.91 Å². The van der Waals surface area contributed by atoms with Crippen LogP contribution in [0.5, 0.6) is 5.75 Å². The Hall–Kier alpha value is -1.55. The van der Waals surface area contributed by atoms with Gasteiger partial charge >= 0.3 is 0 Å². The lowest BCUT2D eigenvalue weighted by molar-refractivity contribution is -0.134. The average molecular weight is 262 g/mol. The van der Waals surface area contributed by atoms with Gasteiger partial charge in [-0.25, -0.2) is 0 Å². The van der Waals surface area contributed by atoms with Gasteiger partial charge in [-0.1, -0.05) is 12.1 Å². The van der Waals surface area contributed by atoms with E-state index in [2.05, 4.69) is 0 Å². The van der Waals surface area contributed by atoms with Crippen molar-refractivity contribution in [1.29, 1.82) is 0 Å². The van der Waals surface area contributed by atoms with Crippen LogP contribution in [-0.2, 0) is 11.3 Å². The summed E-state index contributed by atoms with van der Waals surface area (Å²) in [5.41, 5.74) is 6.95. The van der Waals surface area contributed by atoms with E-state index >= 15 is 0 Å². The van der Waals surface area contributed by atoms with Crippen molar-refractivity contribution in [3.05, 3.63) is 29.8 Å². The zero-order chi connectivity index (χ0) is 13.8. The molecule has 104 valence electrons. The summed E-state index contributed by atoms with van der Waals surface area (Å²) in [7, 11) is 3.50. The van der Waals surface area contributed by atoms with Crippen molar-refractivity contribution in [3.8, 4) is 5.75 Å². The fourth-order valence-corrected chi connectivity index (χ4v) is 2.67. The van der Waals surface area contributed by atoms with Crippen LogP contribution in [0.1, 0.15) is 24.8 Å². The van der Waals surface area contributed by atoms with E-state index in [-0.39, 0.29) is 17.9 Å². The number of carbonyl (C=O) groups excluding carboxylic acids is 1. The van der Waals surface area contributed by atoms with Gasteiger partial charge in [0.05, 0.1) is 7.11 Å². The van der Waals surface area contributed by atoms with E-state index in [1.807, 2.05) is 31.3 Å². The number of methoxy groups -OCH3 is 1. The topological polar surface area (TPSA) is 55.6 Å². The summed E-state index contributed by atoms with van der Waals surface area (Å²) in [6, 6.07) is 8.01. The Balaban J connectivity index is 1.96. The van der Waals surface area contributed by atoms with Gasteiger partial charge in [0, 0.05) is 25.6 Å². The van der Waals surface area contributed by atoms with E-state index in [4.69, 9.17) is 10.5 Å². The zero-order valence-corrected chi connectivity index (χ0v) is 11.6. The lowest BCUT2D eigenvalue weighted by atomic mass is 10.1.